The molecule has 1 aromatic carbocycles. The van der Waals surface area contributed by atoms with Gasteiger partial charge in [-0.1, -0.05) is 18.2 Å². The van der Waals surface area contributed by atoms with Gasteiger partial charge in [-0.25, -0.2) is 18.7 Å². The van der Waals surface area contributed by atoms with Gasteiger partial charge in [0.2, 0.25) is 0 Å². The molecule has 0 amide bonds. The summed E-state index contributed by atoms with van der Waals surface area (Å²) >= 11 is 0. The highest BCUT2D eigenvalue weighted by Crippen LogP contribution is 2.52. The third-order valence-corrected chi connectivity index (χ3v) is 8.05. The van der Waals surface area contributed by atoms with Crippen molar-refractivity contribution >= 4 is 16.7 Å². The van der Waals surface area contributed by atoms with Crippen LogP contribution in [0.5, 0.6) is 0 Å². The number of hydrogen-bond acceptors (Lipinski definition) is 4. The molecule has 3 aliphatic carbocycles. The number of nitrogens with zero attached hydrogens (tertiary/aromatic N) is 3. The van der Waals surface area contributed by atoms with Crippen molar-refractivity contribution in [3.8, 4) is 0 Å². The Morgan fingerprint density at radius 3 is 2.75 bits per heavy atom. The topological polar surface area (TPSA) is 59.8 Å². The summed E-state index contributed by atoms with van der Waals surface area (Å²) in [5, 5.41) is 4.17. The average Bonchev–Trinajstić information content (AvgIpc) is 3.49. The molecule has 0 saturated heterocycles. The van der Waals surface area contributed by atoms with Gasteiger partial charge in [-0.15, -0.1) is 0 Å². The number of pyridine rings is 1. The van der Waals surface area contributed by atoms with Crippen molar-refractivity contribution in [1.29, 1.82) is 0 Å². The molecule has 3 aromatic rings. The zero-order valence-electron chi connectivity index (χ0n) is 18.1. The fraction of sp³-hybridized carbons (Fsp3) is 0.480. The Morgan fingerprint density at radius 1 is 1.19 bits per heavy atom. The molecule has 0 radical (unpaired) electrons. The summed E-state index contributed by atoms with van der Waals surface area (Å²) in [6.45, 7) is 2.24. The lowest BCUT2D eigenvalue weighted by atomic mass is 9.93. The van der Waals surface area contributed by atoms with E-state index in [9.17, 15) is 13.6 Å². The number of aromatic nitrogens is 3. The standard InChI is InChI=1S/C25H26F2N4O/c1-15-21-19(13-31(23(15)32)24-8-5-16(11-24)6-9-24)22(30-14-29-21)28-12-17-3-2-4-20-18(17)7-10-25(20,26)27/h2-4,13-14,16H,5-12H2,1H3,(H,28,29,30). The maximum absolute atomic E-state index is 14.2. The van der Waals surface area contributed by atoms with Crippen molar-refractivity contribution in [3.05, 3.63) is 63.3 Å². The normalized spacial score (nSPS) is 25.4. The van der Waals surface area contributed by atoms with Gasteiger partial charge in [-0.3, -0.25) is 4.79 Å². The molecular weight excluding hydrogens is 410 g/mol. The SMILES string of the molecule is Cc1c(=O)n(C23CCC(CC2)C3)cc2c(NCc3cccc4c3CCC4(F)F)ncnc12. The zero-order chi connectivity index (χ0) is 22.1. The van der Waals surface area contributed by atoms with E-state index in [2.05, 4.69) is 15.3 Å². The van der Waals surface area contributed by atoms with Crippen molar-refractivity contribution in [2.45, 2.75) is 69.9 Å². The Balaban J connectivity index is 1.39. The van der Waals surface area contributed by atoms with Gasteiger partial charge in [0, 0.05) is 35.8 Å². The maximum Gasteiger partial charge on any atom is 0.273 e. The van der Waals surface area contributed by atoms with Crippen LogP contribution in [0.25, 0.3) is 10.9 Å². The number of nitrogens with one attached hydrogen (secondary N) is 1. The Kier molecular flexibility index (Phi) is 4.23. The second-order valence-electron chi connectivity index (χ2n) is 9.79. The second-order valence-corrected chi connectivity index (χ2v) is 9.79. The molecule has 2 fully saturated rings. The molecule has 166 valence electrons. The predicted molar refractivity (Wildman–Crippen MR) is 119 cm³/mol. The third-order valence-electron chi connectivity index (χ3n) is 8.05. The van der Waals surface area contributed by atoms with Gasteiger partial charge in [0.25, 0.3) is 11.5 Å². The average molecular weight is 437 g/mol. The molecule has 2 heterocycles. The molecule has 0 atom stereocenters. The minimum absolute atomic E-state index is 0.0350. The van der Waals surface area contributed by atoms with E-state index in [4.69, 9.17) is 0 Å². The van der Waals surface area contributed by atoms with Crippen LogP contribution in [0.3, 0.4) is 0 Å². The lowest BCUT2D eigenvalue weighted by Gasteiger charge is -2.30. The minimum atomic E-state index is -2.75. The summed E-state index contributed by atoms with van der Waals surface area (Å²) in [5.74, 6) is -1.39. The number of anilines is 1. The first-order chi connectivity index (χ1) is 15.4. The highest BCUT2D eigenvalue weighted by molar-refractivity contribution is 5.90. The Bertz CT molecular complexity index is 1290. The van der Waals surface area contributed by atoms with Crippen LogP contribution in [-0.2, 0) is 24.4 Å². The second kappa shape index (κ2) is 6.83. The Labute approximate surface area is 184 Å². The number of benzene rings is 1. The molecule has 0 unspecified atom stereocenters. The van der Waals surface area contributed by atoms with Gasteiger partial charge < -0.3 is 9.88 Å². The molecule has 1 N–H and O–H groups in total. The largest absolute Gasteiger partial charge is 0.365 e. The van der Waals surface area contributed by atoms with E-state index in [0.717, 1.165) is 41.7 Å². The maximum atomic E-state index is 14.2. The number of halogens is 2. The number of alkyl halides is 2. The summed E-state index contributed by atoms with van der Waals surface area (Å²) < 4.78 is 30.3. The van der Waals surface area contributed by atoms with Gasteiger partial charge in [0.05, 0.1) is 10.9 Å². The first kappa shape index (κ1) is 19.8. The van der Waals surface area contributed by atoms with Gasteiger partial charge in [0.15, 0.2) is 0 Å². The van der Waals surface area contributed by atoms with E-state index in [0.29, 0.717) is 29.9 Å². The molecular formula is C25H26F2N4O. The van der Waals surface area contributed by atoms with Crippen molar-refractivity contribution in [3.63, 3.8) is 0 Å². The number of rotatable bonds is 4. The first-order valence-electron chi connectivity index (χ1n) is 11.5. The number of fused-ring (bicyclic) bond motifs is 4. The summed E-state index contributed by atoms with van der Waals surface area (Å²) in [4.78, 5) is 22.1. The lowest BCUT2D eigenvalue weighted by Crippen LogP contribution is -2.38. The molecule has 2 aromatic heterocycles. The molecule has 2 saturated carbocycles. The molecule has 0 aliphatic heterocycles. The molecule has 5 nitrogen and oxygen atoms in total. The first-order valence-corrected chi connectivity index (χ1v) is 11.5. The monoisotopic (exact) mass is 436 g/mol. The van der Waals surface area contributed by atoms with E-state index >= 15 is 0 Å². The Morgan fingerprint density at radius 2 is 2.00 bits per heavy atom. The summed E-state index contributed by atoms with van der Waals surface area (Å²) in [6, 6.07) is 5.13. The molecule has 0 spiro atoms. The van der Waals surface area contributed by atoms with Crippen LogP contribution in [0.4, 0.5) is 14.6 Å². The van der Waals surface area contributed by atoms with Gasteiger partial charge in [-0.05, 0) is 62.5 Å². The zero-order valence-corrected chi connectivity index (χ0v) is 18.1. The molecule has 2 bridgehead atoms. The number of hydrogen-bond donors (Lipinski definition) is 1. The predicted octanol–water partition coefficient (Wildman–Crippen LogP) is 5.04. The van der Waals surface area contributed by atoms with Crippen LogP contribution < -0.4 is 10.9 Å². The minimum Gasteiger partial charge on any atom is -0.365 e. The third kappa shape index (κ3) is 2.82. The fourth-order valence-corrected chi connectivity index (χ4v) is 6.31. The van der Waals surface area contributed by atoms with Crippen molar-refractivity contribution in [2.24, 2.45) is 5.92 Å². The van der Waals surface area contributed by atoms with Crippen LogP contribution >= 0.6 is 0 Å². The molecule has 32 heavy (non-hydrogen) atoms. The van der Waals surface area contributed by atoms with Crippen LogP contribution in [-0.4, -0.2) is 14.5 Å². The van der Waals surface area contributed by atoms with E-state index in [-0.39, 0.29) is 23.1 Å². The van der Waals surface area contributed by atoms with E-state index < -0.39 is 5.92 Å². The van der Waals surface area contributed by atoms with Crippen molar-refractivity contribution in [2.75, 3.05) is 5.32 Å². The van der Waals surface area contributed by atoms with Crippen LogP contribution in [0.1, 0.15) is 60.8 Å². The van der Waals surface area contributed by atoms with Crippen molar-refractivity contribution in [1.82, 2.24) is 14.5 Å². The lowest BCUT2D eigenvalue weighted by molar-refractivity contribution is -0.00184. The summed E-state index contributed by atoms with van der Waals surface area (Å²) in [7, 11) is 0. The van der Waals surface area contributed by atoms with Crippen LogP contribution in [0.15, 0.2) is 35.5 Å². The molecule has 7 heteroatoms. The van der Waals surface area contributed by atoms with E-state index in [1.54, 1.807) is 6.07 Å². The highest BCUT2D eigenvalue weighted by atomic mass is 19.3. The smallest absolute Gasteiger partial charge is 0.273 e. The highest BCUT2D eigenvalue weighted by Gasteiger charge is 2.47. The molecule has 3 aliphatic rings. The number of aryl methyl sites for hydroxylation is 1. The Hall–Kier alpha value is -2.83. The fourth-order valence-electron chi connectivity index (χ4n) is 6.31. The van der Waals surface area contributed by atoms with E-state index in [1.165, 1.54) is 25.2 Å². The van der Waals surface area contributed by atoms with Crippen LogP contribution in [0.2, 0.25) is 0 Å². The van der Waals surface area contributed by atoms with Gasteiger partial charge >= 0.3 is 0 Å². The summed E-state index contributed by atoms with van der Waals surface area (Å²) in [6.07, 6.45) is 9.17. The van der Waals surface area contributed by atoms with Crippen LogP contribution in [0, 0.1) is 12.8 Å². The quantitative estimate of drug-likeness (QED) is 0.623. The van der Waals surface area contributed by atoms with Gasteiger partial charge in [0.1, 0.15) is 12.1 Å². The summed E-state index contributed by atoms with van der Waals surface area (Å²) in [5.41, 5.74) is 2.98. The van der Waals surface area contributed by atoms with Crippen molar-refractivity contribution < 1.29 is 8.78 Å². The van der Waals surface area contributed by atoms with E-state index in [1.807, 2.05) is 23.8 Å². The van der Waals surface area contributed by atoms with Gasteiger partial charge in [-0.2, -0.15) is 0 Å². The molecule has 6 rings (SSSR count).